The monoisotopic (exact) mass is 435 g/mol. The molecule has 4 aromatic rings. The third-order valence-corrected chi connectivity index (χ3v) is 8.71. The molecular weight excluding hydrogens is 414 g/mol. The van der Waals surface area contributed by atoms with E-state index in [0.29, 0.717) is 30.4 Å². The van der Waals surface area contributed by atoms with Gasteiger partial charge in [0.25, 0.3) is 10.0 Å². The van der Waals surface area contributed by atoms with Crippen LogP contribution in [-0.2, 0) is 10.0 Å². The zero-order chi connectivity index (χ0) is 20.6. The summed E-state index contributed by atoms with van der Waals surface area (Å²) in [5.41, 5.74) is 3.24. The number of nitrogens with zero attached hydrogens (tertiary/aromatic N) is 3. The summed E-state index contributed by atoms with van der Waals surface area (Å²) in [6.45, 7) is 2.14. The number of hydrogen-bond donors (Lipinski definition) is 0. The molecule has 0 bridgehead atoms. The summed E-state index contributed by atoms with van der Waals surface area (Å²) in [5.74, 6) is 0.890. The van der Waals surface area contributed by atoms with Crippen molar-refractivity contribution < 1.29 is 8.42 Å². The summed E-state index contributed by atoms with van der Waals surface area (Å²) in [6, 6.07) is 24.0. The number of anilines is 1. The van der Waals surface area contributed by atoms with Gasteiger partial charge in [-0.2, -0.15) is 4.31 Å². The fraction of sp³-hybridized carbons (Fsp3) is 0.174. The van der Waals surface area contributed by atoms with Gasteiger partial charge in [0.2, 0.25) is 0 Å². The molecule has 1 fully saturated rings. The van der Waals surface area contributed by atoms with Crippen LogP contribution in [0.5, 0.6) is 0 Å². The smallest absolute Gasteiger partial charge is 0.252 e. The van der Waals surface area contributed by atoms with Crippen molar-refractivity contribution in [3.8, 4) is 11.1 Å². The van der Waals surface area contributed by atoms with Gasteiger partial charge in [-0.25, -0.2) is 13.4 Å². The molecule has 0 aliphatic carbocycles. The predicted octanol–water partition coefficient (Wildman–Crippen LogP) is 4.47. The van der Waals surface area contributed by atoms with E-state index in [9.17, 15) is 8.42 Å². The molecule has 0 amide bonds. The first-order valence-electron chi connectivity index (χ1n) is 9.87. The van der Waals surface area contributed by atoms with Crippen LogP contribution in [0.1, 0.15) is 0 Å². The average molecular weight is 436 g/mol. The van der Waals surface area contributed by atoms with Crippen molar-refractivity contribution in [1.29, 1.82) is 0 Å². The van der Waals surface area contributed by atoms with E-state index >= 15 is 0 Å². The van der Waals surface area contributed by atoms with E-state index in [2.05, 4.69) is 29.2 Å². The molecule has 1 saturated heterocycles. The van der Waals surface area contributed by atoms with Gasteiger partial charge in [-0.15, -0.1) is 11.3 Å². The number of fused-ring (bicyclic) bond motifs is 1. The Morgan fingerprint density at radius 3 is 2.30 bits per heavy atom. The third kappa shape index (κ3) is 3.49. The second-order valence-electron chi connectivity index (χ2n) is 7.23. The standard InChI is InChI=1S/C23H21N3O2S2/c27-30(28,23-11-6-16-29-23)26-14-12-25(13-15-26)22-17-20(18-7-2-1-3-8-18)19-9-4-5-10-21(19)24-22/h1-11,16-17H,12-15H2. The van der Waals surface area contributed by atoms with Gasteiger partial charge in [-0.1, -0.05) is 54.6 Å². The number of hydrogen-bond acceptors (Lipinski definition) is 5. The number of para-hydroxylation sites is 1. The predicted molar refractivity (Wildman–Crippen MR) is 122 cm³/mol. The maximum atomic E-state index is 12.8. The molecule has 0 N–H and O–H groups in total. The van der Waals surface area contributed by atoms with Crippen molar-refractivity contribution in [3.05, 3.63) is 78.2 Å². The molecule has 5 rings (SSSR count). The summed E-state index contributed by atoms with van der Waals surface area (Å²) in [4.78, 5) is 7.06. The molecular formula is C23H21N3O2S2. The minimum absolute atomic E-state index is 0.408. The van der Waals surface area contributed by atoms with Crippen molar-refractivity contribution in [2.24, 2.45) is 0 Å². The highest BCUT2D eigenvalue weighted by Gasteiger charge is 2.29. The van der Waals surface area contributed by atoms with Gasteiger partial charge in [0.05, 0.1) is 5.52 Å². The van der Waals surface area contributed by atoms with Crippen LogP contribution in [-0.4, -0.2) is 43.9 Å². The fourth-order valence-corrected chi connectivity index (χ4v) is 6.44. The quantitative estimate of drug-likeness (QED) is 0.474. The number of thiophene rings is 1. The maximum Gasteiger partial charge on any atom is 0.252 e. The van der Waals surface area contributed by atoms with Crippen molar-refractivity contribution in [2.75, 3.05) is 31.1 Å². The highest BCUT2D eigenvalue weighted by molar-refractivity contribution is 7.91. The molecule has 30 heavy (non-hydrogen) atoms. The summed E-state index contributed by atoms with van der Waals surface area (Å²) in [6.07, 6.45) is 0. The zero-order valence-corrected chi connectivity index (χ0v) is 17.9. The topological polar surface area (TPSA) is 53.5 Å². The molecule has 152 valence electrons. The van der Waals surface area contributed by atoms with Gasteiger partial charge in [-0.3, -0.25) is 0 Å². The van der Waals surface area contributed by atoms with Crippen molar-refractivity contribution in [1.82, 2.24) is 9.29 Å². The maximum absolute atomic E-state index is 12.8. The summed E-state index contributed by atoms with van der Waals surface area (Å²) in [5, 5.41) is 2.92. The lowest BCUT2D eigenvalue weighted by Gasteiger charge is -2.34. The number of aromatic nitrogens is 1. The number of pyridine rings is 1. The number of piperazine rings is 1. The molecule has 2 aromatic carbocycles. The minimum atomic E-state index is -3.41. The highest BCUT2D eigenvalue weighted by Crippen LogP contribution is 2.32. The van der Waals surface area contributed by atoms with Crippen LogP contribution in [0.4, 0.5) is 5.82 Å². The van der Waals surface area contributed by atoms with Crippen molar-refractivity contribution in [3.63, 3.8) is 0 Å². The third-order valence-electron chi connectivity index (χ3n) is 5.44. The zero-order valence-electron chi connectivity index (χ0n) is 16.3. The lowest BCUT2D eigenvalue weighted by molar-refractivity contribution is 0.385. The van der Waals surface area contributed by atoms with Crippen molar-refractivity contribution >= 4 is 38.1 Å². The Morgan fingerprint density at radius 2 is 1.57 bits per heavy atom. The molecule has 0 spiro atoms. The SMILES string of the molecule is O=S(=O)(c1cccs1)N1CCN(c2cc(-c3ccccc3)c3ccccc3n2)CC1. The fourth-order valence-electron chi connectivity index (χ4n) is 3.88. The van der Waals surface area contributed by atoms with Gasteiger partial charge in [-0.05, 0) is 34.7 Å². The van der Waals surface area contributed by atoms with Crippen LogP contribution in [0.2, 0.25) is 0 Å². The molecule has 5 nitrogen and oxygen atoms in total. The van der Waals surface area contributed by atoms with E-state index in [0.717, 1.165) is 27.8 Å². The largest absolute Gasteiger partial charge is 0.354 e. The second-order valence-corrected chi connectivity index (χ2v) is 10.3. The van der Waals surface area contributed by atoms with E-state index in [-0.39, 0.29) is 0 Å². The number of benzene rings is 2. The average Bonchev–Trinajstić information content (AvgIpc) is 3.35. The van der Waals surface area contributed by atoms with Gasteiger partial charge < -0.3 is 4.90 Å². The first kappa shape index (κ1) is 19.2. The van der Waals surface area contributed by atoms with E-state index in [1.54, 1.807) is 21.8 Å². The Balaban J connectivity index is 1.45. The van der Waals surface area contributed by atoms with Crippen LogP contribution < -0.4 is 4.90 Å². The van der Waals surface area contributed by atoms with Crippen LogP contribution in [0.3, 0.4) is 0 Å². The van der Waals surface area contributed by atoms with E-state index in [4.69, 9.17) is 4.98 Å². The Morgan fingerprint density at radius 1 is 0.833 bits per heavy atom. The van der Waals surface area contributed by atoms with Gasteiger partial charge >= 0.3 is 0 Å². The summed E-state index contributed by atoms with van der Waals surface area (Å²) in [7, 11) is -3.41. The van der Waals surface area contributed by atoms with Gasteiger partial charge in [0, 0.05) is 31.6 Å². The number of rotatable bonds is 4. The van der Waals surface area contributed by atoms with E-state index in [1.165, 1.54) is 11.3 Å². The second kappa shape index (κ2) is 7.83. The minimum Gasteiger partial charge on any atom is -0.354 e. The number of sulfonamides is 1. The molecule has 3 heterocycles. The van der Waals surface area contributed by atoms with Gasteiger partial charge in [0.1, 0.15) is 10.0 Å². The molecule has 0 radical (unpaired) electrons. The first-order chi connectivity index (χ1) is 14.6. The first-order valence-corrected chi connectivity index (χ1v) is 12.2. The molecule has 1 aliphatic rings. The lowest BCUT2D eigenvalue weighted by atomic mass is 10.0. The Labute approximate surface area is 180 Å². The van der Waals surface area contributed by atoms with Crippen molar-refractivity contribution in [2.45, 2.75) is 4.21 Å². The highest BCUT2D eigenvalue weighted by atomic mass is 32.2. The van der Waals surface area contributed by atoms with E-state index in [1.807, 2.05) is 36.4 Å². The molecule has 2 aromatic heterocycles. The normalized spacial score (nSPS) is 15.5. The van der Waals surface area contributed by atoms with E-state index < -0.39 is 10.0 Å². The molecule has 0 atom stereocenters. The molecule has 7 heteroatoms. The Hall–Kier alpha value is -2.74. The van der Waals surface area contributed by atoms with Crippen LogP contribution in [0, 0.1) is 0 Å². The van der Waals surface area contributed by atoms with Crippen LogP contribution in [0.15, 0.2) is 82.4 Å². The van der Waals surface area contributed by atoms with Crippen LogP contribution >= 0.6 is 11.3 Å². The van der Waals surface area contributed by atoms with Gasteiger partial charge in [0.15, 0.2) is 0 Å². The Kier molecular flexibility index (Phi) is 5.02. The lowest BCUT2D eigenvalue weighted by Crippen LogP contribution is -2.48. The summed E-state index contributed by atoms with van der Waals surface area (Å²) >= 11 is 1.27. The Bertz CT molecular complexity index is 1260. The molecule has 0 unspecified atom stereocenters. The molecule has 0 saturated carbocycles. The summed E-state index contributed by atoms with van der Waals surface area (Å²) < 4.78 is 27.6. The van der Waals surface area contributed by atoms with Crippen LogP contribution in [0.25, 0.3) is 22.0 Å². The molecule has 1 aliphatic heterocycles.